The van der Waals surface area contributed by atoms with E-state index in [9.17, 15) is 18.9 Å². The number of methoxy groups -OCH3 is 1. The monoisotopic (exact) mass is 839 g/mol. The Hall–Kier alpha value is -5.17. The van der Waals surface area contributed by atoms with E-state index in [0.717, 1.165) is 81.2 Å². The molecule has 3 amide bonds. The van der Waals surface area contributed by atoms with Crippen LogP contribution in [0.2, 0.25) is 5.02 Å². The fourth-order valence-electron chi connectivity index (χ4n) is 8.94. The summed E-state index contributed by atoms with van der Waals surface area (Å²) in [6.45, 7) is 11.4. The third-order valence-electron chi connectivity index (χ3n) is 12.0. The Kier molecular flexibility index (Phi) is 11.6. The van der Waals surface area contributed by atoms with Crippen LogP contribution in [0, 0.1) is 0 Å². The van der Waals surface area contributed by atoms with Gasteiger partial charge in [-0.15, -0.1) is 0 Å². The number of benzene rings is 3. The number of piperidine rings is 2. The van der Waals surface area contributed by atoms with Gasteiger partial charge >= 0.3 is 0 Å². The van der Waals surface area contributed by atoms with Gasteiger partial charge in [0, 0.05) is 92.1 Å². The highest BCUT2D eigenvalue weighted by molar-refractivity contribution is 7.70. The molecule has 0 saturated carbocycles. The van der Waals surface area contributed by atoms with Crippen molar-refractivity contribution in [3.05, 3.63) is 82.5 Å². The van der Waals surface area contributed by atoms with Gasteiger partial charge in [0.2, 0.25) is 17.8 Å². The van der Waals surface area contributed by atoms with Crippen LogP contribution in [0.1, 0.15) is 54.1 Å². The van der Waals surface area contributed by atoms with Crippen molar-refractivity contribution in [2.45, 2.75) is 57.7 Å². The number of fused-ring (bicyclic) bond motifs is 1. The Labute approximate surface area is 350 Å². The van der Waals surface area contributed by atoms with Gasteiger partial charge in [-0.3, -0.25) is 24.6 Å². The number of ether oxygens (including phenoxy) is 1. The number of imide groups is 1. The predicted octanol–water partition coefficient (Wildman–Crippen LogP) is 5.99. The van der Waals surface area contributed by atoms with Gasteiger partial charge in [0.25, 0.3) is 5.91 Å². The molecule has 4 aromatic rings. The van der Waals surface area contributed by atoms with Crippen LogP contribution in [0.3, 0.4) is 0 Å². The van der Waals surface area contributed by atoms with Gasteiger partial charge in [-0.05, 0) is 74.9 Å². The van der Waals surface area contributed by atoms with Crippen LogP contribution in [0.15, 0.2) is 60.8 Å². The van der Waals surface area contributed by atoms with Gasteiger partial charge in [0.05, 0.1) is 24.7 Å². The molecule has 0 spiro atoms. The third kappa shape index (κ3) is 8.35. The summed E-state index contributed by atoms with van der Waals surface area (Å²) < 4.78 is 18.9. The molecule has 310 valence electrons. The largest absolute Gasteiger partial charge is 0.494 e. The van der Waals surface area contributed by atoms with Gasteiger partial charge < -0.3 is 34.6 Å². The van der Waals surface area contributed by atoms with E-state index in [0.29, 0.717) is 58.1 Å². The standard InChI is InChI=1S/C43H51ClN9O5P/c1-5-27-23-33(47-43-45-25-31(44)40(49-43)46-32-10-6-7-12-38(32)59(3,4)57)37(58-2)24-36(27)51-17-15-28(16-18-51)50-19-21-52(22-20-50)34-11-8-9-29-30(34)26-53(42(29)56)35-13-14-39(54)48-41(35)55/h6-12,23-25,28,35H,5,13-22,26H2,1-4H3,(H,48,54,55)(H2,45,46,47,49). The second-order valence-electron chi connectivity index (χ2n) is 16.0. The second-order valence-corrected chi connectivity index (χ2v) is 19.6. The Morgan fingerprint density at radius 1 is 0.898 bits per heavy atom. The van der Waals surface area contributed by atoms with Crippen LogP contribution in [0.5, 0.6) is 5.75 Å². The summed E-state index contributed by atoms with van der Waals surface area (Å²) >= 11 is 6.53. The van der Waals surface area contributed by atoms with Crippen LogP contribution in [0.4, 0.5) is 34.5 Å². The summed E-state index contributed by atoms with van der Waals surface area (Å²) in [6, 6.07) is 17.4. The van der Waals surface area contributed by atoms with Crippen molar-refractivity contribution in [2.75, 3.05) is 80.1 Å². The molecule has 1 atom stereocenters. The first kappa shape index (κ1) is 40.6. The highest BCUT2D eigenvalue weighted by Crippen LogP contribution is 2.40. The molecule has 0 bridgehead atoms. The van der Waals surface area contributed by atoms with Crippen molar-refractivity contribution in [1.82, 2.24) is 25.1 Å². The fraction of sp³-hybridized carbons (Fsp3) is 0.419. The maximum atomic E-state index is 13.4. The number of halogens is 1. The summed E-state index contributed by atoms with van der Waals surface area (Å²) in [6.07, 6.45) is 5.06. The van der Waals surface area contributed by atoms with E-state index in [1.54, 1.807) is 31.5 Å². The second kappa shape index (κ2) is 16.8. The number of nitrogens with one attached hydrogen (secondary N) is 3. The molecule has 3 saturated heterocycles. The number of piperazine rings is 1. The van der Waals surface area contributed by atoms with Crippen LogP contribution >= 0.6 is 18.7 Å². The molecule has 5 heterocycles. The van der Waals surface area contributed by atoms with Crippen LogP contribution in [-0.2, 0) is 27.1 Å². The number of rotatable bonds is 11. The van der Waals surface area contributed by atoms with Crippen molar-refractivity contribution in [2.24, 2.45) is 0 Å². The number of amides is 3. The lowest BCUT2D eigenvalue weighted by atomic mass is 9.99. The molecule has 1 aromatic heterocycles. The zero-order chi connectivity index (χ0) is 41.4. The minimum Gasteiger partial charge on any atom is -0.494 e. The molecule has 0 aliphatic carbocycles. The first-order valence-corrected chi connectivity index (χ1v) is 23.3. The summed E-state index contributed by atoms with van der Waals surface area (Å²) in [7, 11) is -0.896. The van der Waals surface area contributed by atoms with E-state index in [1.807, 2.05) is 36.4 Å². The molecule has 1 unspecified atom stereocenters. The normalized spacial score (nSPS) is 19.2. The molecule has 8 rings (SSSR count). The number of anilines is 6. The number of hydrogen-bond acceptors (Lipinski definition) is 12. The lowest BCUT2D eigenvalue weighted by molar-refractivity contribution is -0.136. The van der Waals surface area contributed by atoms with E-state index in [4.69, 9.17) is 16.3 Å². The Morgan fingerprint density at radius 3 is 2.36 bits per heavy atom. The number of hydrogen-bond donors (Lipinski definition) is 3. The van der Waals surface area contributed by atoms with E-state index >= 15 is 0 Å². The number of aromatic nitrogens is 2. The molecular weight excluding hydrogens is 789 g/mol. The minimum atomic E-state index is -2.56. The van der Waals surface area contributed by atoms with Crippen molar-refractivity contribution in [1.29, 1.82) is 0 Å². The van der Waals surface area contributed by atoms with Crippen molar-refractivity contribution in [3.63, 3.8) is 0 Å². The number of carbonyl (C=O) groups excluding carboxylic acids is 3. The number of para-hydroxylation sites is 1. The van der Waals surface area contributed by atoms with Crippen LogP contribution in [0.25, 0.3) is 0 Å². The predicted molar refractivity (Wildman–Crippen MR) is 233 cm³/mol. The molecular formula is C43H51ClN9O5P. The van der Waals surface area contributed by atoms with Crippen LogP contribution < -0.4 is 35.8 Å². The molecule has 16 heteroatoms. The Balaban J connectivity index is 0.895. The smallest absolute Gasteiger partial charge is 0.255 e. The molecule has 3 N–H and O–H groups in total. The molecule has 59 heavy (non-hydrogen) atoms. The topological polar surface area (TPSA) is 152 Å². The molecule has 4 aliphatic heterocycles. The summed E-state index contributed by atoms with van der Waals surface area (Å²) in [5.41, 5.74) is 6.47. The highest BCUT2D eigenvalue weighted by Gasteiger charge is 2.41. The molecule has 14 nitrogen and oxygen atoms in total. The maximum Gasteiger partial charge on any atom is 0.255 e. The first-order valence-electron chi connectivity index (χ1n) is 20.3. The van der Waals surface area contributed by atoms with Gasteiger partial charge in [0.1, 0.15) is 24.0 Å². The van der Waals surface area contributed by atoms with Gasteiger partial charge in [-0.25, -0.2) is 4.98 Å². The van der Waals surface area contributed by atoms with Crippen molar-refractivity contribution < 1.29 is 23.7 Å². The molecule has 3 aromatic carbocycles. The summed E-state index contributed by atoms with van der Waals surface area (Å²) in [5, 5.41) is 10.1. The Morgan fingerprint density at radius 2 is 1.64 bits per heavy atom. The van der Waals surface area contributed by atoms with E-state index in [1.165, 1.54) is 5.56 Å². The molecule has 3 fully saturated rings. The van der Waals surface area contributed by atoms with Gasteiger partial charge in [-0.2, -0.15) is 4.98 Å². The van der Waals surface area contributed by atoms with E-state index in [-0.39, 0.29) is 24.1 Å². The third-order valence-corrected chi connectivity index (χ3v) is 13.9. The summed E-state index contributed by atoms with van der Waals surface area (Å²) in [5.74, 6) is 0.620. The Bertz CT molecular complexity index is 2320. The minimum absolute atomic E-state index is 0.139. The fourth-order valence-corrected chi connectivity index (χ4v) is 10.2. The number of carbonyl (C=O) groups is 3. The highest BCUT2D eigenvalue weighted by atomic mass is 35.5. The van der Waals surface area contributed by atoms with E-state index in [2.05, 4.69) is 65.7 Å². The van der Waals surface area contributed by atoms with Gasteiger partial charge in [0.15, 0.2) is 5.82 Å². The zero-order valence-corrected chi connectivity index (χ0v) is 35.6. The lowest BCUT2D eigenvalue weighted by Gasteiger charge is -2.44. The zero-order valence-electron chi connectivity index (χ0n) is 34.0. The average molecular weight is 840 g/mol. The summed E-state index contributed by atoms with van der Waals surface area (Å²) in [4.78, 5) is 56.0. The van der Waals surface area contributed by atoms with Crippen molar-refractivity contribution >= 4 is 76.3 Å². The SMILES string of the molecule is CCc1cc(Nc2ncc(Cl)c(Nc3ccccc3P(C)(C)=O)n2)c(OC)cc1N1CCC(N2CCN(c3cccc4c3CN(C3CCC(=O)NC3=O)C4=O)CC2)CC1. The van der Waals surface area contributed by atoms with Gasteiger partial charge in [-0.1, -0.05) is 36.7 Å². The number of aryl methyl sites for hydroxylation is 1. The lowest BCUT2D eigenvalue weighted by Crippen LogP contribution is -2.53. The van der Waals surface area contributed by atoms with E-state index < -0.39 is 13.2 Å². The average Bonchev–Trinajstić information content (AvgIpc) is 3.57. The molecule has 0 radical (unpaired) electrons. The number of nitrogens with zero attached hydrogens (tertiary/aromatic N) is 6. The quantitative estimate of drug-likeness (QED) is 0.120. The van der Waals surface area contributed by atoms with Crippen LogP contribution in [-0.4, -0.2) is 109 Å². The molecule has 4 aliphatic rings. The first-order chi connectivity index (χ1) is 28.4. The maximum absolute atomic E-state index is 13.4. The van der Waals surface area contributed by atoms with Crippen molar-refractivity contribution in [3.8, 4) is 5.75 Å².